The van der Waals surface area contributed by atoms with E-state index in [0.29, 0.717) is 588 Å². The second kappa shape index (κ2) is 135. The molecule has 0 heterocycles. The lowest BCUT2D eigenvalue weighted by molar-refractivity contribution is -0.0329. The third-order valence-electron chi connectivity index (χ3n) is 16.6. The van der Waals surface area contributed by atoms with Gasteiger partial charge in [-0.15, -0.1) is 0 Å². The summed E-state index contributed by atoms with van der Waals surface area (Å²) < 4.78 is 242. The topological polar surface area (TPSA) is 475 Å². The molecular weight excluding hydrogens is 1840 g/mol. The predicted molar refractivity (Wildman–Crippen MR) is 497 cm³/mol. The molecule has 0 unspecified atom stereocenters. The van der Waals surface area contributed by atoms with E-state index in [1.807, 2.05) is 0 Å². The Morgan fingerprint density at radius 3 is 0.217 bits per heavy atom. The lowest BCUT2D eigenvalue weighted by atomic mass is 10.6. The summed E-state index contributed by atoms with van der Waals surface area (Å²) in [7, 11) is 0. The van der Waals surface area contributed by atoms with Crippen LogP contribution in [0.15, 0.2) is 5.11 Å². The molecule has 0 amide bonds. The minimum absolute atomic E-state index is 0.0140. The average molecular weight is 2030 g/mol. The minimum atomic E-state index is 0.0140. The van der Waals surface area contributed by atoms with Crippen molar-refractivity contribution in [2.24, 2.45) is 5.11 Å². The Bertz CT molecular complexity index is 1990. The first-order valence-corrected chi connectivity index (χ1v) is 48.9. The number of nitrogens with zero attached hydrogens (tertiary/aromatic N) is 3. The van der Waals surface area contributed by atoms with Crippen LogP contribution in [0.4, 0.5) is 0 Å². The van der Waals surface area contributed by atoms with E-state index in [1.165, 1.54) is 0 Å². The smallest absolute Gasteiger partial charge is 0.0701 e. The second-order valence-corrected chi connectivity index (χ2v) is 27.6. The van der Waals surface area contributed by atoms with Crippen LogP contribution in [0.25, 0.3) is 10.4 Å². The molecule has 0 aromatic heterocycles. The molecule has 0 aromatic carbocycles. The molecule has 826 valence electrons. The number of aliphatic hydroxyl groups excluding tert-OH is 1. The molecule has 0 aromatic rings. The van der Waals surface area contributed by atoms with Crippen molar-refractivity contribution < 1.29 is 214 Å². The van der Waals surface area contributed by atoms with Crippen LogP contribution in [-0.2, 0) is 208 Å². The summed E-state index contributed by atoms with van der Waals surface area (Å²) in [6.07, 6.45) is 0. The van der Waals surface area contributed by atoms with Gasteiger partial charge in [-0.1, -0.05) is 5.11 Å². The molecule has 0 saturated carbocycles. The highest BCUT2D eigenvalue weighted by molar-refractivity contribution is 4.50. The first-order valence-electron chi connectivity index (χ1n) is 48.9. The molecule has 0 aliphatic rings. The summed E-state index contributed by atoms with van der Waals surface area (Å²) in [4.78, 5) is 2.66. The van der Waals surface area contributed by atoms with Crippen LogP contribution in [0.1, 0.15) is 0 Å². The van der Waals surface area contributed by atoms with Gasteiger partial charge in [-0.2, -0.15) is 0 Å². The van der Waals surface area contributed by atoms with Crippen molar-refractivity contribution in [3.05, 3.63) is 10.4 Å². The van der Waals surface area contributed by atoms with Crippen molar-refractivity contribution in [1.82, 2.24) is 0 Å². The molecule has 0 spiro atoms. The van der Waals surface area contributed by atoms with Gasteiger partial charge in [0.25, 0.3) is 0 Å². The molecule has 48 heteroatoms. The maximum Gasteiger partial charge on any atom is 0.0701 e. The normalized spacial score (nSPS) is 11.8. The van der Waals surface area contributed by atoms with Crippen molar-refractivity contribution in [3.8, 4) is 0 Å². The van der Waals surface area contributed by atoms with Gasteiger partial charge in [0.15, 0.2) is 0 Å². The summed E-state index contributed by atoms with van der Waals surface area (Å²) in [5.41, 5.74) is 8.19. The monoisotopic (exact) mass is 2020 g/mol. The number of aliphatic hydroxyl groups is 1. The number of hydrogen-bond donors (Lipinski definition) is 1. The van der Waals surface area contributed by atoms with E-state index in [-0.39, 0.29) is 6.61 Å². The zero-order valence-corrected chi connectivity index (χ0v) is 83.4. The van der Waals surface area contributed by atoms with E-state index in [0.717, 1.165) is 0 Å². The Morgan fingerprint density at radius 1 is 0.101 bits per heavy atom. The lowest BCUT2D eigenvalue weighted by Crippen LogP contribution is -2.16. The van der Waals surface area contributed by atoms with Crippen molar-refractivity contribution in [2.75, 3.05) is 595 Å². The van der Waals surface area contributed by atoms with Gasteiger partial charge in [0.1, 0.15) is 0 Å². The molecule has 48 nitrogen and oxygen atoms in total. The Balaban J connectivity index is 3.11. The Kier molecular flexibility index (Phi) is 132. The second-order valence-electron chi connectivity index (χ2n) is 27.6. The van der Waals surface area contributed by atoms with Crippen molar-refractivity contribution in [2.45, 2.75) is 0 Å². The molecule has 0 atom stereocenters. The quantitative estimate of drug-likeness (QED) is 0.0384. The Morgan fingerprint density at radius 2 is 0.159 bits per heavy atom. The standard InChI is InChI=1S/C90H181N3O45/c91-93-92-1-3-95-5-7-97-9-11-99-13-15-101-17-19-103-21-23-105-25-27-107-29-31-109-33-35-111-37-39-113-41-43-115-45-47-117-49-51-119-53-55-121-57-59-123-61-63-125-65-67-127-69-71-129-73-75-131-77-79-133-81-83-135-85-87-137-89-90-138-88-86-136-84-82-134-80-78-132-76-74-130-72-70-128-68-66-126-64-62-124-60-58-122-56-54-120-52-50-118-48-46-116-44-42-114-40-38-112-36-34-110-32-30-108-28-26-106-24-22-104-20-18-102-16-14-100-12-10-98-8-6-96-4-2-94/h94H,1-90H2. The highest BCUT2D eigenvalue weighted by Crippen LogP contribution is 1.97. The molecule has 0 aliphatic carbocycles. The van der Waals surface area contributed by atoms with E-state index in [2.05, 4.69) is 10.0 Å². The minimum Gasteiger partial charge on any atom is -0.394 e. The number of ether oxygens (including phenoxy) is 44. The molecule has 0 aliphatic heterocycles. The van der Waals surface area contributed by atoms with E-state index >= 15 is 0 Å². The fraction of sp³-hybridized carbons (Fsp3) is 1.00. The van der Waals surface area contributed by atoms with Crippen LogP contribution in [0.2, 0.25) is 0 Å². The molecule has 0 fully saturated rings. The Labute approximate surface area is 820 Å². The fourth-order valence-electron chi connectivity index (χ4n) is 9.77. The van der Waals surface area contributed by atoms with Crippen LogP contribution in [0, 0.1) is 0 Å². The van der Waals surface area contributed by atoms with Gasteiger partial charge in [0.05, 0.1) is 588 Å². The van der Waals surface area contributed by atoms with Crippen LogP contribution < -0.4 is 0 Å². The fourth-order valence-corrected chi connectivity index (χ4v) is 9.77. The van der Waals surface area contributed by atoms with Crippen LogP contribution in [0.3, 0.4) is 0 Å². The molecular formula is C90H181N3O45. The SMILES string of the molecule is [N-]=[N+]=NCCOCCOCCOCCOCCOCCOCCOCCOCCOCCOCCOCCOCCOCCOCCOCCOCCOCCOCCOCCOCCOCCOCCOCCOCCOCCOCCOCCOCCOCCOCCOCCOCCOCCOCCOCCOCCOCCOCCOCCOCCOCCOCCOCCOCCO. The molecule has 0 saturated heterocycles. The van der Waals surface area contributed by atoms with E-state index < -0.39 is 0 Å². The van der Waals surface area contributed by atoms with Gasteiger partial charge in [-0.05, 0) is 5.53 Å². The molecule has 0 bridgehead atoms. The van der Waals surface area contributed by atoms with Crippen molar-refractivity contribution in [3.63, 3.8) is 0 Å². The lowest BCUT2D eigenvalue weighted by Gasteiger charge is -2.09. The van der Waals surface area contributed by atoms with Crippen molar-refractivity contribution in [1.29, 1.82) is 0 Å². The summed E-state index contributed by atoms with van der Waals surface area (Å²) >= 11 is 0. The zero-order valence-electron chi connectivity index (χ0n) is 83.4. The van der Waals surface area contributed by atoms with Crippen LogP contribution in [-0.4, -0.2) is 600 Å². The van der Waals surface area contributed by atoms with Crippen LogP contribution in [0.5, 0.6) is 0 Å². The van der Waals surface area contributed by atoms with Crippen molar-refractivity contribution >= 4 is 0 Å². The first-order chi connectivity index (χ1) is 68.9. The Hall–Kier alpha value is -2.49. The maximum atomic E-state index is 8.63. The molecule has 1 N–H and O–H groups in total. The van der Waals surface area contributed by atoms with Gasteiger partial charge in [0.2, 0.25) is 0 Å². The summed E-state index contributed by atoms with van der Waals surface area (Å²) in [5, 5.41) is 12.0. The van der Waals surface area contributed by atoms with Gasteiger partial charge in [0, 0.05) is 11.5 Å². The third-order valence-corrected chi connectivity index (χ3v) is 16.6. The molecule has 138 heavy (non-hydrogen) atoms. The summed E-state index contributed by atoms with van der Waals surface area (Å²) in [6, 6.07) is 0. The number of azide groups is 1. The number of rotatable bonds is 134. The summed E-state index contributed by atoms with van der Waals surface area (Å²) in [6.45, 7) is 41.9. The van der Waals surface area contributed by atoms with E-state index in [4.69, 9.17) is 219 Å². The third kappa shape index (κ3) is 134. The average Bonchev–Trinajstić information content (AvgIpc) is 1.10. The van der Waals surface area contributed by atoms with Gasteiger partial charge < -0.3 is 214 Å². The highest BCUT2D eigenvalue weighted by Gasteiger charge is 2.06. The zero-order chi connectivity index (χ0) is 98.2. The van der Waals surface area contributed by atoms with Crippen LogP contribution >= 0.6 is 0 Å². The first kappa shape index (κ1) is 136. The van der Waals surface area contributed by atoms with Gasteiger partial charge in [-0.3, -0.25) is 0 Å². The van der Waals surface area contributed by atoms with E-state index in [9.17, 15) is 0 Å². The number of hydrogen-bond acceptors (Lipinski definition) is 46. The molecule has 0 rings (SSSR count). The summed E-state index contributed by atoms with van der Waals surface area (Å²) in [5.74, 6) is 0. The molecule has 0 radical (unpaired) electrons. The van der Waals surface area contributed by atoms with Gasteiger partial charge >= 0.3 is 0 Å². The largest absolute Gasteiger partial charge is 0.394 e. The van der Waals surface area contributed by atoms with E-state index in [1.54, 1.807) is 0 Å². The van der Waals surface area contributed by atoms with Gasteiger partial charge in [-0.25, -0.2) is 0 Å². The predicted octanol–water partition coefficient (Wildman–Crippen LogP) is 1.02. The highest BCUT2D eigenvalue weighted by atomic mass is 16.7. The maximum absolute atomic E-state index is 8.63.